The van der Waals surface area contributed by atoms with Gasteiger partial charge in [-0.2, -0.15) is 4.98 Å². The van der Waals surface area contributed by atoms with Crippen molar-refractivity contribution in [3.8, 4) is 10.4 Å². The van der Waals surface area contributed by atoms with E-state index in [0.29, 0.717) is 27.2 Å². The Morgan fingerprint density at radius 3 is 2.42 bits per heavy atom. The second-order valence-corrected chi connectivity index (χ2v) is 10.4. The number of aliphatic hydroxyl groups excluding tert-OH is 1. The van der Waals surface area contributed by atoms with E-state index >= 15 is 0 Å². The summed E-state index contributed by atoms with van der Waals surface area (Å²) in [5.74, 6) is 1.04. The average molecular weight is 480 g/mol. The third-order valence-corrected chi connectivity index (χ3v) is 7.92. The summed E-state index contributed by atoms with van der Waals surface area (Å²) in [5, 5.41) is 18.1. The third kappa shape index (κ3) is 5.22. The van der Waals surface area contributed by atoms with Crippen molar-refractivity contribution in [2.24, 2.45) is 0 Å². The fourth-order valence-corrected chi connectivity index (χ4v) is 5.31. The minimum atomic E-state index is -3.08. The lowest BCUT2D eigenvalue weighted by molar-refractivity contribution is 0.271. The summed E-state index contributed by atoms with van der Waals surface area (Å²) in [6.45, 7) is 2.00. The molecule has 0 aliphatic heterocycles. The van der Waals surface area contributed by atoms with E-state index in [2.05, 4.69) is 20.6 Å². The zero-order valence-corrected chi connectivity index (χ0v) is 19.7. The molecule has 2 atom stereocenters. The van der Waals surface area contributed by atoms with Crippen molar-refractivity contribution >= 4 is 38.5 Å². The Morgan fingerprint density at radius 1 is 1.06 bits per heavy atom. The van der Waals surface area contributed by atoms with E-state index in [1.54, 1.807) is 66.1 Å². The van der Waals surface area contributed by atoms with Crippen LogP contribution in [0.4, 0.5) is 17.5 Å². The number of thiophene rings is 1. The lowest BCUT2D eigenvalue weighted by Crippen LogP contribution is -2.23. The predicted octanol–water partition coefficient (Wildman–Crippen LogP) is 5.60. The van der Waals surface area contributed by atoms with Crippen LogP contribution in [0.2, 0.25) is 0 Å². The normalized spacial score (nSPS) is 13.8. The second kappa shape index (κ2) is 10.1. The van der Waals surface area contributed by atoms with Gasteiger partial charge >= 0.3 is 0 Å². The summed E-state index contributed by atoms with van der Waals surface area (Å²) >= 11 is 1.60. The SMILES string of the molecule is CC[C@H](CO)Nc1nc(Nc2ccc(S(=N)(=O)c3ccccc3)cc2)ncc1-c1cccs1. The Labute approximate surface area is 197 Å². The molecular weight excluding hydrogens is 454 g/mol. The molecule has 2 aromatic heterocycles. The molecule has 0 saturated heterocycles. The summed E-state index contributed by atoms with van der Waals surface area (Å²) in [6.07, 6.45) is 2.51. The van der Waals surface area contributed by atoms with Crippen molar-refractivity contribution in [3.05, 3.63) is 78.3 Å². The number of aromatic nitrogens is 2. The number of benzene rings is 2. The monoisotopic (exact) mass is 479 g/mol. The maximum atomic E-state index is 13.0. The molecule has 0 amide bonds. The predicted molar refractivity (Wildman–Crippen MR) is 134 cm³/mol. The van der Waals surface area contributed by atoms with Crippen molar-refractivity contribution < 1.29 is 9.32 Å². The first-order chi connectivity index (χ1) is 16.0. The first-order valence-electron chi connectivity index (χ1n) is 10.5. The van der Waals surface area contributed by atoms with Gasteiger partial charge < -0.3 is 15.7 Å². The largest absolute Gasteiger partial charge is 0.394 e. The summed E-state index contributed by atoms with van der Waals surface area (Å²) in [7, 11) is -3.08. The van der Waals surface area contributed by atoms with Gasteiger partial charge in [-0.3, -0.25) is 0 Å². The van der Waals surface area contributed by atoms with Crippen molar-refractivity contribution in [1.29, 1.82) is 4.78 Å². The Balaban J connectivity index is 1.59. The quantitative estimate of drug-likeness (QED) is 0.249. The number of aliphatic hydroxyl groups is 1. The van der Waals surface area contributed by atoms with Crippen LogP contribution in [-0.2, 0) is 9.73 Å². The van der Waals surface area contributed by atoms with Gasteiger partial charge in [-0.05, 0) is 54.3 Å². The molecule has 7 nitrogen and oxygen atoms in total. The molecule has 1 unspecified atom stereocenters. The average Bonchev–Trinajstić information content (AvgIpc) is 3.38. The van der Waals surface area contributed by atoms with Gasteiger partial charge in [0, 0.05) is 16.8 Å². The molecule has 4 rings (SSSR count). The summed E-state index contributed by atoms with van der Waals surface area (Å²) in [4.78, 5) is 11.0. The number of anilines is 3. The van der Waals surface area contributed by atoms with E-state index in [1.807, 2.05) is 30.5 Å². The van der Waals surface area contributed by atoms with Crippen LogP contribution in [0, 0.1) is 4.78 Å². The van der Waals surface area contributed by atoms with Gasteiger partial charge in [0.05, 0.1) is 28.0 Å². The van der Waals surface area contributed by atoms with Crippen molar-refractivity contribution in [2.75, 3.05) is 17.2 Å². The molecule has 0 spiro atoms. The fourth-order valence-electron chi connectivity index (χ4n) is 3.24. The number of hydrogen-bond donors (Lipinski definition) is 4. The van der Waals surface area contributed by atoms with Gasteiger partial charge in [0.2, 0.25) is 5.95 Å². The fraction of sp³-hybridized carbons (Fsp3) is 0.167. The molecular formula is C24H25N5O2S2. The first-order valence-corrected chi connectivity index (χ1v) is 12.9. The maximum absolute atomic E-state index is 13.0. The highest BCUT2D eigenvalue weighted by molar-refractivity contribution is 7.92. The highest BCUT2D eigenvalue weighted by atomic mass is 32.2. The van der Waals surface area contributed by atoms with Crippen LogP contribution in [0.1, 0.15) is 13.3 Å². The summed E-state index contributed by atoms with van der Waals surface area (Å²) in [6, 6.07) is 19.6. The smallest absolute Gasteiger partial charge is 0.229 e. The number of rotatable bonds is 9. The minimum absolute atomic E-state index is 0.00241. The van der Waals surface area contributed by atoms with Gasteiger partial charge in [-0.1, -0.05) is 31.2 Å². The highest BCUT2D eigenvalue weighted by Gasteiger charge is 2.15. The van der Waals surface area contributed by atoms with Crippen LogP contribution in [0.5, 0.6) is 0 Å². The minimum Gasteiger partial charge on any atom is -0.394 e. The van der Waals surface area contributed by atoms with Crippen molar-refractivity contribution in [2.45, 2.75) is 29.2 Å². The van der Waals surface area contributed by atoms with E-state index in [4.69, 9.17) is 4.78 Å². The molecule has 2 heterocycles. The van der Waals surface area contributed by atoms with Gasteiger partial charge in [-0.25, -0.2) is 14.0 Å². The zero-order chi connectivity index (χ0) is 23.3. The van der Waals surface area contributed by atoms with Crippen molar-refractivity contribution in [1.82, 2.24) is 9.97 Å². The Morgan fingerprint density at radius 2 is 1.79 bits per heavy atom. The van der Waals surface area contributed by atoms with Crippen LogP contribution in [-0.4, -0.2) is 31.9 Å². The molecule has 0 radical (unpaired) electrons. The molecule has 170 valence electrons. The van der Waals surface area contributed by atoms with E-state index in [0.717, 1.165) is 16.9 Å². The van der Waals surface area contributed by atoms with Gasteiger partial charge in [0.1, 0.15) is 15.5 Å². The number of nitrogens with zero attached hydrogens (tertiary/aromatic N) is 2. The standard InChI is InChI=1S/C24H25N5O2S2/c1-2-17(16-30)27-23-21(22-9-6-14-32-22)15-26-24(29-23)28-18-10-12-20(13-11-18)33(25,31)19-7-4-3-5-8-19/h3-15,17,25,30H,2,16H2,1H3,(H2,26,27,28,29)/t17-,33?/m1/s1. The van der Waals surface area contributed by atoms with E-state index in [9.17, 15) is 9.32 Å². The summed E-state index contributed by atoms with van der Waals surface area (Å²) in [5.41, 5.74) is 1.58. The molecule has 0 saturated carbocycles. The summed E-state index contributed by atoms with van der Waals surface area (Å²) < 4.78 is 21.4. The topological polar surface area (TPSA) is 111 Å². The number of hydrogen-bond acceptors (Lipinski definition) is 8. The lowest BCUT2D eigenvalue weighted by atomic mass is 10.2. The van der Waals surface area contributed by atoms with Crippen LogP contribution in [0.15, 0.2) is 88.1 Å². The zero-order valence-electron chi connectivity index (χ0n) is 18.1. The number of nitrogens with one attached hydrogen (secondary N) is 3. The van der Waals surface area contributed by atoms with Crippen LogP contribution >= 0.6 is 11.3 Å². The molecule has 4 N–H and O–H groups in total. The van der Waals surface area contributed by atoms with Crippen molar-refractivity contribution in [3.63, 3.8) is 0 Å². The Kier molecular flexibility index (Phi) is 7.02. The molecule has 0 aliphatic rings. The molecule has 0 fully saturated rings. The molecule has 9 heteroatoms. The van der Waals surface area contributed by atoms with Crippen LogP contribution in [0.3, 0.4) is 0 Å². The molecule has 4 aromatic rings. The first kappa shape index (κ1) is 22.9. The van der Waals surface area contributed by atoms with Gasteiger partial charge in [-0.15, -0.1) is 11.3 Å². The molecule has 33 heavy (non-hydrogen) atoms. The molecule has 0 aliphatic carbocycles. The van der Waals surface area contributed by atoms with E-state index in [1.165, 1.54) is 0 Å². The Hall–Kier alpha value is -3.27. The van der Waals surface area contributed by atoms with Gasteiger partial charge in [0.15, 0.2) is 0 Å². The third-order valence-electron chi connectivity index (χ3n) is 5.15. The van der Waals surface area contributed by atoms with Crippen LogP contribution < -0.4 is 10.6 Å². The molecule has 2 aromatic carbocycles. The Bertz CT molecular complexity index is 1290. The maximum Gasteiger partial charge on any atom is 0.229 e. The van der Waals surface area contributed by atoms with Gasteiger partial charge in [0.25, 0.3) is 0 Å². The van der Waals surface area contributed by atoms with E-state index in [-0.39, 0.29) is 12.6 Å². The van der Waals surface area contributed by atoms with Crippen LogP contribution in [0.25, 0.3) is 10.4 Å². The molecule has 0 bridgehead atoms. The highest BCUT2D eigenvalue weighted by Crippen LogP contribution is 2.31. The van der Waals surface area contributed by atoms with E-state index < -0.39 is 9.73 Å². The second-order valence-electron chi connectivity index (χ2n) is 7.38. The lowest BCUT2D eigenvalue weighted by Gasteiger charge is -2.18.